The van der Waals surface area contributed by atoms with Gasteiger partial charge in [-0.05, 0) is 0 Å². The number of hydrogen-bond acceptors (Lipinski definition) is 5. The van der Waals surface area contributed by atoms with Crippen molar-refractivity contribution in [2.75, 3.05) is 14.1 Å². The molecule has 0 aliphatic rings. The molecule has 0 spiro atoms. The Morgan fingerprint density at radius 1 is 1.45 bits per heavy atom. The number of nitrogens with one attached hydrogen (secondary N) is 1. The van der Waals surface area contributed by atoms with Gasteiger partial charge < -0.3 is 14.7 Å². The number of aromatic nitrogens is 2. The highest BCUT2D eigenvalue weighted by atomic mass is 32.1. The average molecular weight is 321 g/mol. The molecule has 2 rings (SSSR count). The topological polar surface area (TPSA) is 66.6 Å². The van der Waals surface area contributed by atoms with Crippen LogP contribution in [0.25, 0.3) is 0 Å². The molecule has 0 aliphatic heterocycles. The van der Waals surface area contributed by atoms with Crippen molar-refractivity contribution in [3.05, 3.63) is 34.1 Å². The molecule has 7 heteroatoms. The molecule has 2 aromatic heterocycles. The first-order valence-electron chi connectivity index (χ1n) is 7.16. The number of thiazole rings is 1. The molecule has 120 valence electrons. The Labute approximate surface area is 135 Å². The third kappa shape index (κ3) is 4.30. The van der Waals surface area contributed by atoms with Gasteiger partial charge >= 0.3 is 0 Å². The summed E-state index contributed by atoms with van der Waals surface area (Å²) in [7, 11) is 3.73. The minimum absolute atomic E-state index is 0.0835. The fourth-order valence-corrected chi connectivity index (χ4v) is 2.87. The molecule has 6 nitrogen and oxygen atoms in total. The van der Waals surface area contributed by atoms with Gasteiger partial charge in [-0.25, -0.2) is 4.98 Å². The minimum atomic E-state index is 0.0835. The van der Waals surface area contributed by atoms with E-state index < -0.39 is 0 Å². The van der Waals surface area contributed by atoms with Crippen LogP contribution in [0, 0.1) is 0 Å². The van der Waals surface area contributed by atoms with Crippen molar-refractivity contribution >= 4 is 17.3 Å². The van der Waals surface area contributed by atoms with Gasteiger partial charge in [-0.3, -0.25) is 4.99 Å². The van der Waals surface area contributed by atoms with E-state index in [0.717, 1.165) is 22.4 Å². The summed E-state index contributed by atoms with van der Waals surface area (Å²) < 4.78 is 4.85. The molecular formula is C15H23N5OS. The highest BCUT2D eigenvalue weighted by Crippen LogP contribution is 2.23. The lowest BCUT2D eigenvalue weighted by molar-refractivity contribution is 0.391. The fraction of sp³-hybridized carbons (Fsp3) is 0.533. The zero-order valence-corrected chi connectivity index (χ0v) is 14.6. The third-order valence-corrected chi connectivity index (χ3v) is 4.03. The van der Waals surface area contributed by atoms with Crippen molar-refractivity contribution in [3.8, 4) is 0 Å². The normalized spacial score (nSPS) is 12.5. The van der Waals surface area contributed by atoms with Crippen molar-refractivity contribution in [2.45, 2.75) is 39.3 Å². The van der Waals surface area contributed by atoms with Gasteiger partial charge in [0.25, 0.3) is 0 Å². The van der Waals surface area contributed by atoms with Crippen LogP contribution in [0.3, 0.4) is 0 Å². The molecular weight excluding hydrogens is 298 g/mol. The second-order valence-corrected chi connectivity index (χ2v) is 7.07. The van der Waals surface area contributed by atoms with Gasteiger partial charge in [-0.15, -0.1) is 11.3 Å². The third-order valence-electron chi connectivity index (χ3n) is 3.18. The quantitative estimate of drug-likeness (QED) is 0.692. The van der Waals surface area contributed by atoms with Crippen LogP contribution < -0.4 is 5.32 Å². The fourth-order valence-electron chi connectivity index (χ4n) is 1.91. The van der Waals surface area contributed by atoms with E-state index >= 15 is 0 Å². The summed E-state index contributed by atoms with van der Waals surface area (Å²) in [6.45, 7) is 7.81. The average Bonchev–Trinajstić information content (AvgIpc) is 3.09. The van der Waals surface area contributed by atoms with E-state index in [9.17, 15) is 0 Å². The summed E-state index contributed by atoms with van der Waals surface area (Å²) in [5.74, 6) is 0.801. The Balaban J connectivity index is 1.92. The van der Waals surface area contributed by atoms with Crippen molar-refractivity contribution in [2.24, 2.45) is 4.99 Å². The molecule has 0 saturated heterocycles. The van der Waals surface area contributed by atoms with Gasteiger partial charge in [0.2, 0.25) is 0 Å². The molecule has 2 aromatic rings. The van der Waals surface area contributed by atoms with Gasteiger partial charge in [-0.1, -0.05) is 25.9 Å². The van der Waals surface area contributed by atoms with Crippen LogP contribution in [-0.2, 0) is 18.5 Å². The number of hydrogen-bond donors (Lipinski definition) is 1. The smallest absolute Gasteiger partial charge is 0.194 e. The maximum Gasteiger partial charge on any atom is 0.194 e. The zero-order valence-electron chi connectivity index (χ0n) is 13.8. The number of aliphatic imine (C=N–C) groups is 1. The van der Waals surface area contributed by atoms with Crippen molar-refractivity contribution in [1.82, 2.24) is 20.4 Å². The number of nitrogens with zero attached hydrogens (tertiary/aromatic N) is 4. The molecule has 0 amide bonds. The van der Waals surface area contributed by atoms with Crippen LogP contribution in [0.1, 0.15) is 37.2 Å². The predicted molar refractivity (Wildman–Crippen MR) is 89.0 cm³/mol. The molecule has 0 aliphatic carbocycles. The molecule has 0 fully saturated rings. The van der Waals surface area contributed by atoms with Crippen molar-refractivity contribution in [3.63, 3.8) is 0 Å². The number of guanidine groups is 1. The monoisotopic (exact) mass is 321 g/mol. The first kappa shape index (κ1) is 16.5. The molecule has 0 radical (unpaired) electrons. The standard InChI is InChI=1S/C15H23N5OS/c1-15(2,3)12-10-22-13(18-12)8-17-14(16-4)20(5)9-11-6-7-21-19-11/h6-7,10H,8-9H2,1-5H3,(H,16,17). The predicted octanol–water partition coefficient (Wildman–Crippen LogP) is 2.64. The van der Waals surface area contributed by atoms with Crippen LogP contribution in [0.5, 0.6) is 0 Å². The highest BCUT2D eigenvalue weighted by Gasteiger charge is 2.17. The van der Waals surface area contributed by atoms with Crippen molar-refractivity contribution in [1.29, 1.82) is 0 Å². The molecule has 0 aromatic carbocycles. The Bertz CT molecular complexity index is 612. The van der Waals surface area contributed by atoms with E-state index in [1.807, 2.05) is 18.0 Å². The van der Waals surface area contributed by atoms with Crippen LogP contribution in [0.2, 0.25) is 0 Å². The van der Waals surface area contributed by atoms with Crippen LogP contribution >= 0.6 is 11.3 Å². The van der Waals surface area contributed by atoms with Crippen LogP contribution in [-0.4, -0.2) is 35.1 Å². The second kappa shape index (κ2) is 6.91. The number of rotatable bonds is 4. The first-order chi connectivity index (χ1) is 10.4. The molecule has 2 heterocycles. The first-order valence-corrected chi connectivity index (χ1v) is 8.04. The van der Waals surface area contributed by atoms with E-state index in [0.29, 0.717) is 13.1 Å². The summed E-state index contributed by atoms with van der Waals surface area (Å²) in [5, 5.41) is 10.4. The van der Waals surface area contributed by atoms with Crippen LogP contribution in [0.4, 0.5) is 0 Å². The lowest BCUT2D eigenvalue weighted by Gasteiger charge is -2.20. The summed E-state index contributed by atoms with van der Waals surface area (Å²) in [4.78, 5) is 11.0. The van der Waals surface area contributed by atoms with Gasteiger partial charge in [0.15, 0.2) is 5.96 Å². The Hall–Kier alpha value is -1.89. The molecule has 1 N–H and O–H groups in total. The highest BCUT2D eigenvalue weighted by molar-refractivity contribution is 7.09. The van der Waals surface area contributed by atoms with E-state index in [2.05, 4.69) is 46.6 Å². The van der Waals surface area contributed by atoms with E-state index in [1.165, 1.54) is 0 Å². The molecule has 0 atom stereocenters. The summed E-state index contributed by atoms with van der Waals surface area (Å²) in [6.07, 6.45) is 1.57. The van der Waals surface area contributed by atoms with Gasteiger partial charge in [0.05, 0.1) is 18.8 Å². The van der Waals surface area contributed by atoms with Gasteiger partial charge in [0.1, 0.15) is 17.0 Å². The molecule has 0 saturated carbocycles. The van der Waals surface area contributed by atoms with E-state index in [-0.39, 0.29) is 5.41 Å². The van der Waals surface area contributed by atoms with E-state index in [1.54, 1.807) is 24.6 Å². The van der Waals surface area contributed by atoms with Crippen LogP contribution in [0.15, 0.2) is 27.2 Å². The maximum absolute atomic E-state index is 4.85. The zero-order chi connectivity index (χ0) is 16.2. The largest absolute Gasteiger partial charge is 0.364 e. The van der Waals surface area contributed by atoms with Gasteiger partial charge in [-0.2, -0.15) is 0 Å². The minimum Gasteiger partial charge on any atom is -0.364 e. The van der Waals surface area contributed by atoms with E-state index in [4.69, 9.17) is 4.52 Å². The lowest BCUT2D eigenvalue weighted by Crippen LogP contribution is -2.38. The Kier molecular flexibility index (Phi) is 5.18. The summed E-state index contributed by atoms with van der Waals surface area (Å²) in [6, 6.07) is 1.85. The summed E-state index contributed by atoms with van der Waals surface area (Å²) >= 11 is 1.67. The summed E-state index contributed by atoms with van der Waals surface area (Å²) in [5.41, 5.74) is 2.08. The Morgan fingerprint density at radius 3 is 2.77 bits per heavy atom. The lowest BCUT2D eigenvalue weighted by atomic mass is 9.93. The maximum atomic E-state index is 4.85. The van der Waals surface area contributed by atoms with Crippen molar-refractivity contribution < 1.29 is 4.52 Å². The molecule has 0 bridgehead atoms. The second-order valence-electron chi connectivity index (χ2n) is 6.12. The molecule has 0 unspecified atom stereocenters. The van der Waals surface area contributed by atoms with Gasteiger partial charge in [0, 0.05) is 31.0 Å². The SMILES string of the molecule is CN=C(NCc1nc(C(C)(C)C)cs1)N(C)Cc1ccon1. The Morgan fingerprint density at radius 2 is 2.23 bits per heavy atom. The molecule has 22 heavy (non-hydrogen) atoms.